The first-order chi connectivity index (χ1) is 13.0. The lowest BCUT2D eigenvalue weighted by Crippen LogP contribution is -2.39. The van der Waals surface area contributed by atoms with Gasteiger partial charge in [0.25, 0.3) is 0 Å². The molecule has 1 amide bonds. The minimum Gasteiger partial charge on any atom is -0.340 e. The molecule has 27 heavy (non-hydrogen) atoms. The number of carbonyl (C=O) groups excluding carboxylic acids is 2. The largest absolute Gasteiger partial charge is 0.340 e. The number of H-pyrrole nitrogens is 1. The average molecular weight is 420 g/mol. The van der Waals surface area contributed by atoms with Gasteiger partial charge in [-0.2, -0.15) is 0 Å². The minimum absolute atomic E-state index is 0.293. The van der Waals surface area contributed by atoms with Crippen molar-refractivity contribution in [2.75, 3.05) is 11.9 Å². The third kappa shape index (κ3) is 4.53. The topological polar surface area (TPSA) is 66.1 Å². The van der Waals surface area contributed by atoms with Crippen LogP contribution in [0.5, 0.6) is 0 Å². The van der Waals surface area contributed by atoms with Crippen molar-refractivity contribution >= 4 is 52.3 Å². The number of halogens is 2. The summed E-state index contributed by atoms with van der Waals surface area (Å²) in [5.41, 5.74) is 0.919. The van der Waals surface area contributed by atoms with Crippen molar-refractivity contribution in [2.45, 2.75) is 10.4 Å². The van der Waals surface area contributed by atoms with Gasteiger partial charge in [-0.1, -0.05) is 47.1 Å². The number of hydrogen-bond acceptors (Lipinski definition) is 4. The number of amides is 1. The van der Waals surface area contributed by atoms with Crippen LogP contribution in [0.4, 0.5) is 5.69 Å². The highest BCUT2D eigenvalue weighted by Crippen LogP contribution is 2.29. The molecule has 0 fully saturated rings. The Kier molecular flexibility index (Phi) is 6.21. The monoisotopic (exact) mass is 419 g/mol. The summed E-state index contributed by atoms with van der Waals surface area (Å²) in [5.74, 6) is -0.767. The van der Waals surface area contributed by atoms with E-state index in [0.717, 1.165) is 11.8 Å². The van der Waals surface area contributed by atoms with Gasteiger partial charge in [-0.05, 0) is 36.4 Å². The lowest BCUT2D eigenvalue weighted by Gasteiger charge is -2.22. The number of thioether (sulfide) groups is 1. The first-order valence-electron chi connectivity index (χ1n) is 7.95. The molecule has 138 valence electrons. The number of rotatable bonds is 6. The predicted octanol–water partition coefficient (Wildman–Crippen LogP) is 4.72. The SMILES string of the molecule is CN(C(=O)C(Sc1ncc[nH]1)C(=O)c1ccccc1Cl)c1ccc(Cl)cc1. The maximum absolute atomic E-state index is 13.1. The van der Waals surface area contributed by atoms with Crippen LogP contribution < -0.4 is 4.90 Å². The molecule has 0 aliphatic carbocycles. The maximum atomic E-state index is 13.1. The Labute approximate surface area is 170 Å². The van der Waals surface area contributed by atoms with E-state index in [1.165, 1.54) is 4.90 Å². The first kappa shape index (κ1) is 19.5. The van der Waals surface area contributed by atoms with Crippen molar-refractivity contribution in [3.05, 3.63) is 76.5 Å². The molecule has 8 heteroatoms. The third-order valence-corrected chi connectivity index (χ3v) is 5.53. The number of benzene rings is 2. The number of nitrogens with one attached hydrogen (secondary N) is 1. The number of nitrogens with zero attached hydrogens (tertiary/aromatic N) is 2. The van der Waals surface area contributed by atoms with Gasteiger partial charge in [0.2, 0.25) is 5.91 Å². The summed E-state index contributed by atoms with van der Waals surface area (Å²) < 4.78 is 0. The van der Waals surface area contributed by atoms with Crippen LogP contribution in [0.2, 0.25) is 10.0 Å². The number of Topliss-reactive ketones (excluding diaryl/α,β-unsaturated/α-hetero) is 1. The molecule has 3 aromatic rings. The van der Waals surface area contributed by atoms with Gasteiger partial charge in [-0.3, -0.25) is 9.59 Å². The zero-order valence-corrected chi connectivity index (χ0v) is 16.6. The lowest BCUT2D eigenvalue weighted by molar-refractivity contribution is -0.117. The van der Waals surface area contributed by atoms with Crippen molar-refractivity contribution in [3.63, 3.8) is 0 Å². The van der Waals surface area contributed by atoms with Gasteiger partial charge in [0.15, 0.2) is 16.2 Å². The zero-order valence-electron chi connectivity index (χ0n) is 14.2. The Morgan fingerprint density at radius 3 is 2.44 bits per heavy atom. The van der Waals surface area contributed by atoms with Gasteiger partial charge in [-0.25, -0.2) is 4.98 Å². The van der Waals surface area contributed by atoms with Crippen LogP contribution in [-0.2, 0) is 4.79 Å². The zero-order chi connectivity index (χ0) is 19.4. The molecule has 2 aromatic carbocycles. The van der Waals surface area contributed by atoms with Gasteiger partial charge >= 0.3 is 0 Å². The number of aromatic nitrogens is 2. The predicted molar refractivity (Wildman–Crippen MR) is 109 cm³/mol. The summed E-state index contributed by atoms with van der Waals surface area (Å²) >= 11 is 13.1. The number of ketones is 1. The van der Waals surface area contributed by atoms with E-state index < -0.39 is 5.25 Å². The minimum atomic E-state index is -1.04. The number of aromatic amines is 1. The van der Waals surface area contributed by atoms with Crippen molar-refractivity contribution in [3.8, 4) is 0 Å². The van der Waals surface area contributed by atoms with E-state index in [1.807, 2.05) is 0 Å². The van der Waals surface area contributed by atoms with Crippen molar-refractivity contribution in [1.29, 1.82) is 0 Å². The molecule has 0 bridgehead atoms. The van der Waals surface area contributed by atoms with E-state index in [1.54, 1.807) is 68.0 Å². The van der Waals surface area contributed by atoms with Gasteiger partial charge in [0.05, 0.1) is 5.02 Å². The highest BCUT2D eigenvalue weighted by Gasteiger charge is 2.33. The van der Waals surface area contributed by atoms with E-state index in [0.29, 0.717) is 26.5 Å². The van der Waals surface area contributed by atoms with Crippen LogP contribution in [0.1, 0.15) is 10.4 Å². The van der Waals surface area contributed by atoms with E-state index in [2.05, 4.69) is 9.97 Å². The average Bonchev–Trinajstić information content (AvgIpc) is 3.19. The number of imidazole rings is 1. The summed E-state index contributed by atoms with van der Waals surface area (Å²) in [6, 6.07) is 13.5. The number of hydrogen-bond donors (Lipinski definition) is 1. The Hall–Kier alpha value is -2.28. The second-order valence-electron chi connectivity index (χ2n) is 5.61. The summed E-state index contributed by atoms with van der Waals surface area (Å²) in [7, 11) is 1.61. The van der Waals surface area contributed by atoms with Crippen molar-refractivity contribution < 1.29 is 9.59 Å². The molecule has 0 saturated heterocycles. The van der Waals surface area contributed by atoms with Crippen molar-refractivity contribution in [1.82, 2.24) is 9.97 Å². The highest BCUT2D eigenvalue weighted by atomic mass is 35.5. The van der Waals surface area contributed by atoms with E-state index in [4.69, 9.17) is 23.2 Å². The fraction of sp³-hybridized carbons (Fsp3) is 0.105. The molecule has 1 heterocycles. The van der Waals surface area contributed by atoms with Gasteiger partial charge in [0, 0.05) is 35.7 Å². The molecular formula is C19H15Cl2N3O2S. The molecule has 1 unspecified atom stereocenters. The summed E-state index contributed by atoms with van der Waals surface area (Å²) in [6.07, 6.45) is 3.19. The van der Waals surface area contributed by atoms with Crippen LogP contribution in [0.25, 0.3) is 0 Å². The van der Waals surface area contributed by atoms with Crippen LogP contribution in [0.3, 0.4) is 0 Å². The summed E-state index contributed by atoms with van der Waals surface area (Å²) in [5, 5.41) is 0.290. The molecule has 0 aliphatic heterocycles. The van der Waals surface area contributed by atoms with Crippen LogP contribution >= 0.6 is 35.0 Å². The van der Waals surface area contributed by atoms with Gasteiger partial charge in [0.1, 0.15) is 0 Å². The Morgan fingerprint density at radius 1 is 1.11 bits per heavy atom. The summed E-state index contributed by atoms with van der Waals surface area (Å²) in [6.45, 7) is 0. The lowest BCUT2D eigenvalue weighted by atomic mass is 10.1. The molecule has 0 aliphatic rings. The quantitative estimate of drug-likeness (QED) is 0.356. The molecule has 0 radical (unpaired) electrons. The second-order valence-corrected chi connectivity index (χ2v) is 7.55. The molecule has 1 N–H and O–H groups in total. The Morgan fingerprint density at radius 2 is 1.81 bits per heavy atom. The van der Waals surface area contributed by atoms with Gasteiger partial charge in [-0.15, -0.1) is 0 Å². The maximum Gasteiger partial charge on any atom is 0.248 e. The Balaban J connectivity index is 1.93. The molecule has 1 aromatic heterocycles. The molecule has 0 spiro atoms. The second kappa shape index (κ2) is 8.61. The number of carbonyl (C=O) groups is 2. The standard InChI is InChI=1S/C19H15Cl2N3O2S/c1-24(13-8-6-12(20)7-9-13)18(26)17(27-19-22-10-11-23-19)16(25)14-4-2-3-5-15(14)21/h2-11,17H,1H3,(H,22,23). The van der Waals surface area contributed by atoms with Crippen molar-refractivity contribution in [2.24, 2.45) is 0 Å². The third-order valence-electron chi connectivity index (χ3n) is 3.85. The normalized spacial score (nSPS) is 11.8. The Bertz CT molecular complexity index is 946. The summed E-state index contributed by atoms with van der Waals surface area (Å²) in [4.78, 5) is 34.7. The van der Waals surface area contributed by atoms with Crippen LogP contribution in [-0.4, -0.2) is 34.0 Å². The molecule has 1 atom stereocenters. The van der Waals surface area contributed by atoms with E-state index in [-0.39, 0.29) is 11.7 Å². The van der Waals surface area contributed by atoms with E-state index in [9.17, 15) is 9.59 Å². The number of anilines is 1. The highest BCUT2D eigenvalue weighted by molar-refractivity contribution is 8.01. The van der Waals surface area contributed by atoms with Gasteiger partial charge < -0.3 is 9.88 Å². The molecule has 5 nitrogen and oxygen atoms in total. The first-order valence-corrected chi connectivity index (χ1v) is 9.59. The van der Waals surface area contributed by atoms with Crippen LogP contribution in [0.15, 0.2) is 66.1 Å². The fourth-order valence-corrected chi connectivity index (χ4v) is 3.74. The fourth-order valence-electron chi connectivity index (χ4n) is 2.41. The molecule has 0 saturated carbocycles. The van der Waals surface area contributed by atoms with Crippen LogP contribution in [0, 0.1) is 0 Å². The molecular weight excluding hydrogens is 405 g/mol. The molecule has 3 rings (SSSR count). The van der Waals surface area contributed by atoms with E-state index >= 15 is 0 Å². The smallest absolute Gasteiger partial charge is 0.248 e.